The molecule has 2 aromatic rings. The van der Waals surface area contributed by atoms with Crippen molar-refractivity contribution in [2.24, 2.45) is 0 Å². The van der Waals surface area contributed by atoms with Gasteiger partial charge in [-0.25, -0.2) is 0 Å². The number of carbonyl (C=O) groups excluding carboxylic acids is 2. The third-order valence-corrected chi connectivity index (χ3v) is 6.70. The first-order valence-electron chi connectivity index (χ1n) is 11.7. The first-order valence-corrected chi connectivity index (χ1v) is 11.7. The van der Waals surface area contributed by atoms with Gasteiger partial charge in [-0.15, -0.1) is 0 Å². The summed E-state index contributed by atoms with van der Waals surface area (Å²) >= 11 is 0. The van der Waals surface area contributed by atoms with Crippen LogP contribution in [0, 0.1) is 0 Å². The van der Waals surface area contributed by atoms with Crippen molar-refractivity contribution in [3.63, 3.8) is 0 Å². The number of amides is 2. The maximum absolute atomic E-state index is 13.6. The van der Waals surface area contributed by atoms with Crippen molar-refractivity contribution in [1.82, 2.24) is 15.5 Å². The molecule has 0 aliphatic carbocycles. The second-order valence-corrected chi connectivity index (χ2v) is 8.84. The zero-order valence-corrected chi connectivity index (χ0v) is 18.9. The summed E-state index contributed by atoms with van der Waals surface area (Å²) in [5.41, 5.74) is 1.09. The third kappa shape index (κ3) is 4.96. The number of ether oxygens (including phenoxy) is 1. The number of nitrogens with zero attached hydrogens (tertiary/aromatic N) is 1. The Hall–Kier alpha value is -2.86. The van der Waals surface area contributed by atoms with E-state index in [1.165, 1.54) is 0 Å². The summed E-state index contributed by atoms with van der Waals surface area (Å²) in [4.78, 5) is 28.2. The van der Waals surface area contributed by atoms with Crippen molar-refractivity contribution in [3.05, 3.63) is 60.2 Å². The molecule has 170 valence electrons. The van der Waals surface area contributed by atoms with Gasteiger partial charge >= 0.3 is 0 Å². The van der Waals surface area contributed by atoms with Gasteiger partial charge in [0.05, 0.1) is 12.1 Å². The smallest absolute Gasteiger partial charge is 0.245 e. The van der Waals surface area contributed by atoms with Gasteiger partial charge in [0.2, 0.25) is 11.8 Å². The molecule has 6 nitrogen and oxygen atoms in total. The first kappa shape index (κ1) is 22.3. The average molecular weight is 436 g/mol. The molecule has 2 heterocycles. The minimum atomic E-state index is -0.467. The molecule has 2 fully saturated rings. The standard InChI is InChI=1S/C26H33N3O3/c1-18(27-2)25(30)28-23-14-7-6-10-20-15-16-24(29(20)26(23)31)19-9-8-13-22(17-19)32-21-11-4-3-5-12-21/h3-5,8-9,11-13,17-18,20,23-24,27H,6-7,10,14-16H2,1-2H3,(H,28,30)/t18?,20-,23-,24-/m0/s1. The van der Waals surface area contributed by atoms with Gasteiger partial charge in [-0.2, -0.15) is 0 Å². The molecular formula is C26H33N3O3. The molecule has 4 atom stereocenters. The van der Waals surface area contributed by atoms with Gasteiger partial charge in [0.15, 0.2) is 0 Å². The number of hydrogen-bond donors (Lipinski definition) is 2. The summed E-state index contributed by atoms with van der Waals surface area (Å²) in [7, 11) is 1.75. The Morgan fingerprint density at radius 1 is 1.00 bits per heavy atom. The average Bonchev–Trinajstić information content (AvgIpc) is 3.23. The van der Waals surface area contributed by atoms with Crippen LogP contribution in [0.25, 0.3) is 0 Å². The highest BCUT2D eigenvalue weighted by Crippen LogP contribution is 2.41. The van der Waals surface area contributed by atoms with E-state index in [9.17, 15) is 9.59 Å². The van der Waals surface area contributed by atoms with Crippen LogP contribution in [0.1, 0.15) is 57.1 Å². The number of carbonyl (C=O) groups is 2. The quantitative estimate of drug-likeness (QED) is 0.714. The number of likely N-dealkylation sites (N-methyl/N-ethyl adjacent to an activating group) is 1. The normalized spacial score (nSPS) is 24.2. The number of rotatable bonds is 6. The minimum Gasteiger partial charge on any atom is -0.457 e. The molecule has 2 N–H and O–H groups in total. The highest BCUT2D eigenvalue weighted by atomic mass is 16.5. The maximum atomic E-state index is 13.6. The highest BCUT2D eigenvalue weighted by Gasteiger charge is 2.41. The summed E-state index contributed by atoms with van der Waals surface area (Å²) in [6, 6.07) is 17.2. The van der Waals surface area contributed by atoms with Crippen LogP contribution in [0.15, 0.2) is 54.6 Å². The molecule has 1 unspecified atom stereocenters. The molecule has 2 aliphatic rings. The zero-order valence-electron chi connectivity index (χ0n) is 18.9. The second-order valence-electron chi connectivity index (χ2n) is 8.84. The third-order valence-electron chi connectivity index (χ3n) is 6.70. The fourth-order valence-corrected chi connectivity index (χ4v) is 4.83. The minimum absolute atomic E-state index is 0.00560. The van der Waals surface area contributed by atoms with Crippen molar-refractivity contribution in [2.75, 3.05) is 7.05 Å². The Bertz CT molecular complexity index is 933. The number of benzene rings is 2. The predicted octanol–water partition coefficient (Wildman–Crippen LogP) is 4.18. The van der Waals surface area contributed by atoms with E-state index < -0.39 is 6.04 Å². The Labute approximate surface area is 190 Å². The fourth-order valence-electron chi connectivity index (χ4n) is 4.83. The van der Waals surface area contributed by atoms with Crippen molar-refractivity contribution in [3.8, 4) is 11.5 Å². The van der Waals surface area contributed by atoms with Crippen molar-refractivity contribution >= 4 is 11.8 Å². The van der Waals surface area contributed by atoms with Crippen LogP contribution in [-0.2, 0) is 9.59 Å². The predicted molar refractivity (Wildman–Crippen MR) is 124 cm³/mol. The lowest BCUT2D eigenvalue weighted by Gasteiger charge is -2.36. The maximum Gasteiger partial charge on any atom is 0.245 e. The number of hydrogen-bond acceptors (Lipinski definition) is 4. The number of fused-ring (bicyclic) bond motifs is 1. The largest absolute Gasteiger partial charge is 0.457 e. The lowest BCUT2D eigenvalue weighted by molar-refractivity contribution is -0.140. The molecule has 4 rings (SSSR count). The lowest BCUT2D eigenvalue weighted by atomic mass is 9.98. The Balaban J connectivity index is 1.55. The molecule has 0 radical (unpaired) electrons. The van der Waals surface area contributed by atoms with E-state index in [1.807, 2.05) is 55.5 Å². The van der Waals surface area contributed by atoms with E-state index in [1.54, 1.807) is 7.05 Å². The van der Waals surface area contributed by atoms with Crippen molar-refractivity contribution in [1.29, 1.82) is 0 Å². The van der Waals surface area contributed by atoms with Crippen LogP contribution < -0.4 is 15.4 Å². The van der Waals surface area contributed by atoms with E-state index in [2.05, 4.69) is 21.6 Å². The summed E-state index contributed by atoms with van der Waals surface area (Å²) in [5.74, 6) is 1.47. The number of para-hydroxylation sites is 1. The Kier molecular flexibility index (Phi) is 7.10. The van der Waals surface area contributed by atoms with E-state index in [0.29, 0.717) is 6.42 Å². The van der Waals surface area contributed by atoms with Gasteiger partial charge < -0.3 is 20.3 Å². The summed E-state index contributed by atoms with van der Waals surface area (Å²) in [5, 5.41) is 5.95. The Morgan fingerprint density at radius 3 is 2.53 bits per heavy atom. The molecule has 2 aliphatic heterocycles. The molecule has 32 heavy (non-hydrogen) atoms. The molecule has 6 heteroatoms. The van der Waals surface area contributed by atoms with Gasteiger partial charge in [0, 0.05) is 6.04 Å². The summed E-state index contributed by atoms with van der Waals surface area (Å²) in [6.07, 6.45) is 5.67. The topological polar surface area (TPSA) is 70.7 Å². The molecule has 2 saturated heterocycles. The van der Waals surface area contributed by atoms with Gasteiger partial charge in [0.1, 0.15) is 17.5 Å². The van der Waals surface area contributed by atoms with E-state index >= 15 is 0 Å². The molecule has 2 amide bonds. The molecule has 2 aromatic carbocycles. The fraction of sp³-hybridized carbons (Fsp3) is 0.462. The van der Waals surface area contributed by atoms with Crippen LogP contribution in [0.3, 0.4) is 0 Å². The van der Waals surface area contributed by atoms with Crippen LogP contribution in [0.2, 0.25) is 0 Å². The monoisotopic (exact) mass is 435 g/mol. The van der Waals surface area contributed by atoms with Crippen LogP contribution in [0.4, 0.5) is 0 Å². The highest BCUT2D eigenvalue weighted by molar-refractivity contribution is 5.90. The first-order chi connectivity index (χ1) is 15.6. The van der Waals surface area contributed by atoms with Crippen LogP contribution in [-0.4, -0.2) is 41.9 Å². The molecular weight excluding hydrogens is 402 g/mol. The van der Waals surface area contributed by atoms with Gasteiger partial charge in [-0.3, -0.25) is 9.59 Å². The van der Waals surface area contributed by atoms with E-state index in [-0.39, 0.29) is 29.9 Å². The van der Waals surface area contributed by atoms with Crippen LogP contribution >= 0.6 is 0 Å². The van der Waals surface area contributed by atoms with Crippen molar-refractivity contribution < 1.29 is 14.3 Å². The van der Waals surface area contributed by atoms with Crippen LogP contribution in [0.5, 0.6) is 11.5 Å². The molecule has 0 spiro atoms. The molecule has 0 bridgehead atoms. The summed E-state index contributed by atoms with van der Waals surface area (Å²) in [6.45, 7) is 1.81. The van der Waals surface area contributed by atoms with E-state index in [0.717, 1.165) is 49.2 Å². The lowest BCUT2D eigenvalue weighted by Crippen LogP contribution is -2.54. The van der Waals surface area contributed by atoms with Crippen molar-refractivity contribution in [2.45, 2.75) is 69.6 Å². The number of nitrogens with one attached hydrogen (secondary N) is 2. The van der Waals surface area contributed by atoms with Gasteiger partial charge in [-0.05, 0) is 69.5 Å². The molecule has 0 saturated carbocycles. The SMILES string of the molecule is CNC(C)C(=O)N[C@H]1CCCC[C@H]2CC[C@@H](c3cccc(Oc4ccccc4)c3)N2C1=O. The molecule has 0 aromatic heterocycles. The van der Waals surface area contributed by atoms with E-state index in [4.69, 9.17) is 4.74 Å². The zero-order chi connectivity index (χ0) is 22.5. The van der Waals surface area contributed by atoms with Gasteiger partial charge in [-0.1, -0.05) is 43.2 Å². The Morgan fingerprint density at radius 2 is 1.75 bits per heavy atom. The summed E-state index contributed by atoms with van der Waals surface area (Å²) < 4.78 is 6.03. The van der Waals surface area contributed by atoms with Gasteiger partial charge in [0.25, 0.3) is 0 Å². The second kappa shape index (κ2) is 10.2.